The zero-order valence-corrected chi connectivity index (χ0v) is 10.9. The first-order valence-electron chi connectivity index (χ1n) is 6.66. The van der Waals surface area contributed by atoms with E-state index < -0.39 is 0 Å². The van der Waals surface area contributed by atoms with E-state index in [0.29, 0.717) is 18.0 Å². The first-order valence-corrected chi connectivity index (χ1v) is 6.66. The Morgan fingerprint density at radius 1 is 1.25 bits per heavy atom. The van der Waals surface area contributed by atoms with Crippen LogP contribution in [-0.4, -0.2) is 25.0 Å². The Bertz CT molecular complexity index is 220. The van der Waals surface area contributed by atoms with Gasteiger partial charge in [-0.15, -0.1) is 0 Å². The molecule has 0 aromatic carbocycles. The molecule has 94 valence electrons. The highest BCUT2D eigenvalue weighted by Crippen LogP contribution is 2.47. The minimum Gasteiger partial charge on any atom is -0.352 e. The molecule has 0 spiro atoms. The molecule has 0 unspecified atom stereocenters. The molecule has 3 nitrogen and oxygen atoms in total. The summed E-state index contributed by atoms with van der Waals surface area (Å²) in [4.78, 5) is 11.6. The van der Waals surface area contributed by atoms with E-state index in [2.05, 4.69) is 31.4 Å². The molecular formula is C13H26N2O. The van der Waals surface area contributed by atoms with E-state index in [1.807, 2.05) is 0 Å². The van der Waals surface area contributed by atoms with Crippen LogP contribution in [0.1, 0.15) is 52.9 Å². The second-order valence-electron chi connectivity index (χ2n) is 5.04. The second kappa shape index (κ2) is 6.24. The van der Waals surface area contributed by atoms with Gasteiger partial charge in [-0.25, -0.2) is 0 Å². The largest absolute Gasteiger partial charge is 0.352 e. The monoisotopic (exact) mass is 226 g/mol. The Kier molecular flexibility index (Phi) is 5.26. The molecule has 0 saturated heterocycles. The Balaban J connectivity index is 2.10. The summed E-state index contributed by atoms with van der Waals surface area (Å²) in [5, 5.41) is 6.32. The van der Waals surface area contributed by atoms with E-state index in [-0.39, 0.29) is 5.91 Å². The highest BCUT2D eigenvalue weighted by atomic mass is 16.1. The molecule has 1 fully saturated rings. The van der Waals surface area contributed by atoms with Gasteiger partial charge in [0.1, 0.15) is 0 Å². The first kappa shape index (κ1) is 13.5. The van der Waals surface area contributed by atoms with Crippen molar-refractivity contribution >= 4 is 5.91 Å². The van der Waals surface area contributed by atoms with Crippen LogP contribution in [0, 0.1) is 5.41 Å². The average molecular weight is 226 g/mol. The summed E-state index contributed by atoms with van der Waals surface area (Å²) in [5.74, 6) is 0.139. The van der Waals surface area contributed by atoms with Crippen LogP contribution in [0.3, 0.4) is 0 Å². The normalized spacial score (nSPS) is 17.5. The topological polar surface area (TPSA) is 41.1 Å². The van der Waals surface area contributed by atoms with Crippen LogP contribution in [0.25, 0.3) is 0 Å². The van der Waals surface area contributed by atoms with Crippen molar-refractivity contribution in [1.29, 1.82) is 0 Å². The molecule has 0 aliphatic heterocycles. The van der Waals surface area contributed by atoms with Gasteiger partial charge in [-0.05, 0) is 37.5 Å². The molecule has 0 atom stereocenters. The van der Waals surface area contributed by atoms with Gasteiger partial charge >= 0.3 is 0 Å². The highest BCUT2D eigenvalue weighted by Gasteiger charge is 2.39. The number of hydrogen-bond donors (Lipinski definition) is 2. The van der Waals surface area contributed by atoms with Crippen molar-refractivity contribution in [1.82, 2.24) is 10.6 Å². The summed E-state index contributed by atoms with van der Waals surface area (Å²) in [6.07, 6.45) is 5.91. The van der Waals surface area contributed by atoms with E-state index in [4.69, 9.17) is 0 Å². The SMILES string of the molecule is CCC(CC)NC(=O)CNCC1(CC)CC1. The minimum absolute atomic E-state index is 0.139. The predicted octanol–water partition coefficient (Wildman–Crippen LogP) is 2.07. The van der Waals surface area contributed by atoms with Crippen LogP contribution in [0.2, 0.25) is 0 Å². The van der Waals surface area contributed by atoms with Crippen molar-refractivity contribution in [2.45, 2.75) is 58.9 Å². The van der Waals surface area contributed by atoms with Crippen molar-refractivity contribution < 1.29 is 4.79 Å². The summed E-state index contributed by atoms with van der Waals surface area (Å²) >= 11 is 0. The van der Waals surface area contributed by atoms with E-state index >= 15 is 0 Å². The van der Waals surface area contributed by atoms with Crippen molar-refractivity contribution in [2.75, 3.05) is 13.1 Å². The van der Waals surface area contributed by atoms with Crippen LogP contribution in [0.4, 0.5) is 0 Å². The lowest BCUT2D eigenvalue weighted by Gasteiger charge is -2.16. The van der Waals surface area contributed by atoms with Crippen LogP contribution in [0.15, 0.2) is 0 Å². The molecule has 3 heteroatoms. The van der Waals surface area contributed by atoms with Gasteiger partial charge in [-0.1, -0.05) is 20.8 Å². The highest BCUT2D eigenvalue weighted by molar-refractivity contribution is 5.78. The maximum atomic E-state index is 11.6. The Morgan fingerprint density at radius 2 is 1.88 bits per heavy atom. The second-order valence-corrected chi connectivity index (χ2v) is 5.04. The van der Waals surface area contributed by atoms with Crippen LogP contribution >= 0.6 is 0 Å². The minimum atomic E-state index is 0.139. The number of carbonyl (C=O) groups is 1. The van der Waals surface area contributed by atoms with Gasteiger partial charge in [0.15, 0.2) is 0 Å². The van der Waals surface area contributed by atoms with Crippen molar-refractivity contribution in [3.63, 3.8) is 0 Å². The molecule has 2 N–H and O–H groups in total. The van der Waals surface area contributed by atoms with E-state index in [1.165, 1.54) is 19.3 Å². The molecule has 1 rings (SSSR count). The van der Waals surface area contributed by atoms with Gasteiger partial charge in [0.25, 0.3) is 0 Å². The van der Waals surface area contributed by atoms with Crippen LogP contribution in [0.5, 0.6) is 0 Å². The lowest BCUT2D eigenvalue weighted by molar-refractivity contribution is -0.121. The lowest BCUT2D eigenvalue weighted by atomic mass is 10.0. The Hall–Kier alpha value is -0.570. The molecular weight excluding hydrogens is 200 g/mol. The quantitative estimate of drug-likeness (QED) is 0.665. The Labute approximate surface area is 99.4 Å². The number of hydrogen-bond acceptors (Lipinski definition) is 2. The maximum Gasteiger partial charge on any atom is 0.234 e. The van der Waals surface area contributed by atoms with E-state index in [1.54, 1.807) is 0 Å². The molecule has 1 aliphatic rings. The third kappa shape index (κ3) is 4.12. The third-order valence-electron chi connectivity index (χ3n) is 3.84. The summed E-state index contributed by atoms with van der Waals surface area (Å²) in [7, 11) is 0. The summed E-state index contributed by atoms with van der Waals surface area (Å²) in [6, 6.07) is 0.343. The van der Waals surface area contributed by atoms with Gasteiger partial charge < -0.3 is 10.6 Å². The third-order valence-corrected chi connectivity index (χ3v) is 3.84. The summed E-state index contributed by atoms with van der Waals surface area (Å²) in [6.45, 7) is 7.92. The zero-order chi connectivity index (χ0) is 12.0. The standard InChI is InChI=1S/C13H26N2O/c1-4-11(5-2)15-12(16)9-14-10-13(6-3)7-8-13/h11,14H,4-10H2,1-3H3,(H,15,16). The van der Waals surface area contributed by atoms with Crippen molar-refractivity contribution in [3.8, 4) is 0 Å². The fourth-order valence-electron chi connectivity index (χ4n) is 2.04. The zero-order valence-electron chi connectivity index (χ0n) is 10.9. The fourth-order valence-corrected chi connectivity index (χ4v) is 2.04. The summed E-state index contributed by atoms with van der Waals surface area (Å²) < 4.78 is 0. The van der Waals surface area contributed by atoms with Crippen LogP contribution in [-0.2, 0) is 4.79 Å². The summed E-state index contributed by atoms with van der Waals surface area (Å²) in [5.41, 5.74) is 0.523. The van der Waals surface area contributed by atoms with Gasteiger partial charge in [-0.3, -0.25) is 4.79 Å². The first-order chi connectivity index (χ1) is 7.65. The van der Waals surface area contributed by atoms with E-state index in [0.717, 1.165) is 19.4 Å². The molecule has 0 bridgehead atoms. The molecule has 0 aromatic rings. The molecule has 1 aliphatic carbocycles. The number of nitrogens with one attached hydrogen (secondary N) is 2. The van der Waals surface area contributed by atoms with Crippen LogP contribution < -0.4 is 10.6 Å². The number of amides is 1. The molecule has 0 radical (unpaired) electrons. The molecule has 1 saturated carbocycles. The smallest absolute Gasteiger partial charge is 0.234 e. The van der Waals surface area contributed by atoms with E-state index in [9.17, 15) is 4.79 Å². The molecule has 16 heavy (non-hydrogen) atoms. The lowest BCUT2D eigenvalue weighted by Crippen LogP contribution is -2.41. The molecule has 1 amide bonds. The average Bonchev–Trinajstić information content (AvgIpc) is 3.06. The number of carbonyl (C=O) groups excluding carboxylic acids is 1. The molecule has 0 aromatic heterocycles. The van der Waals surface area contributed by atoms with Crippen molar-refractivity contribution in [3.05, 3.63) is 0 Å². The number of rotatable bonds is 8. The molecule has 0 heterocycles. The van der Waals surface area contributed by atoms with Gasteiger partial charge in [0.2, 0.25) is 5.91 Å². The van der Waals surface area contributed by atoms with Gasteiger partial charge in [0.05, 0.1) is 6.54 Å². The maximum absolute atomic E-state index is 11.6. The van der Waals surface area contributed by atoms with Gasteiger partial charge in [0, 0.05) is 12.6 Å². The fraction of sp³-hybridized carbons (Fsp3) is 0.923. The van der Waals surface area contributed by atoms with Crippen molar-refractivity contribution in [2.24, 2.45) is 5.41 Å². The predicted molar refractivity (Wildman–Crippen MR) is 67.3 cm³/mol. The van der Waals surface area contributed by atoms with Gasteiger partial charge in [-0.2, -0.15) is 0 Å². The Morgan fingerprint density at radius 3 is 2.31 bits per heavy atom.